The second-order valence-corrected chi connectivity index (χ2v) is 13.2. The minimum absolute atomic E-state index is 0.0428. The second-order valence-electron chi connectivity index (χ2n) is 13.2. The van der Waals surface area contributed by atoms with Gasteiger partial charge in [-0.3, -0.25) is 10.2 Å². The normalized spacial score (nSPS) is 23.7. The monoisotopic (exact) mass is 691 g/mol. The van der Waals surface area contributed by atoms with Crippen LogP contribution >= 0.6 is 0 Å². The van der Waals surface area contributed by atoms with Crippen LogP contribution < -0.4 is 25.4 Å². The molecule has 0 bridgehead atoms. The third-order valence-electron chi connectivity index (χ3n) is 10.2. The van der Waals surface area contributed by atoms with E-state index in [4.69, 9.17) is 10.5 Å². The van der Waals surface area contributed by atoms with Crippen LogP contribution in [0.25, 0.3) is 32.9 Å². The summed E-state index contributed by atoms with van der Waals surface area (Å²) in [5, 5.41) is 2.05. The van der Waals surface area contributed by atoms with Crippen molar-refractivity contribution in [3.05, 3.63) is 41.6 Å². The Morgan fingerprint density at radius 1 is 1.00 bits per heavy atom. The van der Waals surface area contributed by atoms with E-state index in [9.17, 15) is 17.6 Å². The highest BCUT2D eigenvalue weighted by molar-refractivity contribution is 6.04. The summed E-state index contributed by atoms with van der Waals surface area (Å²) in [5.41, 5.74) is 5.17. The van der Waals surface area contributed by atoms with Gasteiger partial charge >= 0.3 is 12.4 Å². The van der Waals surface area contributed by atoms with Crippen molar-refractivity contribution in [3.63, 3.8) is 0 Å². The summed E-state index contributed by atoms with van der Waals surface area (Å²) < 4.78 is 113. The average Bonchev–Trinajstić information content (AvgIpc) is 3.62. The van der Waals surface area contributed by atoms with Crippen LogP contribution in [-0.2, 0) is 6.42 Å². The molecule has 4 aliphatic heterocycles. The zero-order valence-corrected chi connectivity index (χ0v) is 26.1. The number of hydrogen-bond donors (Lipinski definition) is 2. The number of nitrogens with one attached hydrogen (secondary N) is 1. The zero-order chi connectivity index (χ0) is 34.2. The van der Waals surface area contributed by atoms with Gasteiger partial charge in [0.1, 0.15) is 23.6 Å². The molecule has 3 atom stereocenters. The zero-order valence-electron chi connectivity index (χ0n) is 26.1. The molecule has 0 radical (unpaired) electrons. The lowest BCUT2D eigenvalue weighted by molar-refractivity contribution is -0.275. The number of alkyl halides is 5. The van der Waals surface area contributed by atoms with Crippen LogP contribution in [0.1, 0.15) is 44.2 Å². The first kappa shape index (κ1) is 32.0. The van der Waals surface area contributed by atoms with E-state index < -0.39 is 53.5 Å². The van der Waals surface area contributed by atoms with Gasteiger partial charge in [0.2, 0.25) is 0 Å². The van der Waals surface area contributed by atoms with E-state index in [2.05, 4.69) is 29.9 Å². The van der Waals surface area contributed by atoms with Crippen LogP contribution in [0.5, 0.6) is 11.8 Å². The minimum atomic E-state index is -5.27. The summed E-state index contributed by atoms with van der Waals surface area (Å²) in [5.74, 6) is -3.53. The maximum Gasteiger partial charge on any atom is 0.573 e. The van der Waals surface area contributed by atoms with Crippen molar-refractivity contribution in [2.75, 3.05) is 36.9 Å². The molecule has 4 aromatic rings. The molecule has 2 aromatic carbocycles. The molecule has 0 amide bonds. The predicted molar refractivity (Wildman–Crippen MR) is 167 cm³/mol. The molecule has 0 saturated carbocycles. The van der Waals surface area contributed by atoms with Gasteiger partial charge in [-0.1, -0.05) is 6.07 Å². The molecule has 8 rings (SSSR count). The van der Waals surface area contributed by atoms with Gasteiger partial charge in [0.05, 0.1) is 29.2 Å². The summed E-state index contributed by atoms with van der Waals surface area (Å²) in [6, 6.07) is 3.46. The van der Waals surface area contributed by atoms with Crippen molar-refractivity contribution in [3.8, 4) is 23.0 Å². The quantitative estimate of drug-likeness (QED) is 0.142. The first-order valence-electron chi connectivity index (χ1n) is 16.3. The average molecular weight is 692 g/mol. The number of aryl methyl sites for hydroxylation is 1. The maximum atomic E-state index is 17.1. The predicted octanol–water partition coefficient (Wildman–Crippen LogP) is 6.32. The van der Waals surface area contributed by atoms with E-state index >= 15 is 13.2 Å². The van der Waals surface area contributed by atoms with Crippen LogP contribution in [0, 0.1) is 11.6 Å². The Hall–Kier alpha value is -4.18. The summed E-state index contributed by atoms with van der Waals surface area (Å²) in [7, 11) is 0. The Morgan fingerprint density at radius 2 is 1.78 bits per heavy atom. The highest BCUT2D eigenvalue weighted by Crippen LogP contribution is 2.45. The highest BCUT2D eigenvalue weighted by Gasteiger charge is 2.45. The van der Waals surface area contributed by atoms with E-state index in [0.29, 0.717) is 6.42 Å². The molecular formula is C33H32F7N7O2. The highest BCUT2D eigenvalue weighted by atomic mass is 19.4. The smallest absolute Gasteiger partial charge is 0.461 e. The molecule has 260 valence electrons. The Balaban J connectivity index is 1.36. The first-order chi connectivity index (χ1) is 23.4. The Bertz CT molecular complexity index is 1950. The molecule has 2 aromatic heterocycles. The van der Waals surface area contributed by atoms with Gasteiger partial charge in [-0.2, -0.15) is 9.97 Å². The third kappa shape index (κ3) is 5.52. The summed E-state index contributed by atoms with van der Waals surface area (Å²) in [6.07, 6.45) is -4.22. The fourth-order valence-corrected chi connectivity index (χ4v) is 8.16. The van der Waals surface area contributed by atoms with Gasteiger partial charge in [0.25, 0.3) is 0 Å². The molecule has 0 spiro atoms. The van der Waals surface area contributed by atoms with Crippen LogP contribution in [0.15, 0.2) is 24.3 Å². The first-order valence-corrected chi connectivity index (χ1v) is 16.3. The molecule has 49 heavy (non-hydrogen) atoms. The Kier molecular flexibility index (Phi) is 7.66. The fraction of sp³-hybridized carbons (Fsp3) is 0.485. The largest absolute Gasteiger partial charge is 0.573 e. The number of pyridine rings is 1. The standard InChI is InChI=1S/C33H32F7N7O2/c34-19-7-6-16-12-17(41)13-18(23(16)28(19)49-33(38,39)40)26-25(36)27-24-20(42-26)4-1-5-21-29(37)43-22(35)14-47(21)30(24)45-31(44-27)48-15-32-8-2-10-46(32)11-3-9-32/h6-7,12-13,21-22,29,43H,1-5,8-11,14-15,41H2. The molecule has 9 nitrogen and oxygen atoms in total. The van der Waals surface area contributed by atoms with Crippen LogP contribution in [0.3, 0.4) is 0 Å². The summed E-state index contributed by atoms with van der Waals surface area (Å²) in [4.78, 5) is 17.5. The lowest BCUT2D eigenvalue weighted by Gasteiger charge is -2.42. The molecule has 0 aliphatic carbocycles. The van der Waals surface area contributed by atoms with Crippen LogP contribution in [0.4, 0.5) is 42.2 Å². The number of anilines is 2. The van der Waals surface area contributed by atoms with Crippen molar-refractivity contribution in [2.45, 2.75) is 75.5 Å². The van der Waals surface area contributed by atoms with E-state index in [1.807, 2.05) is 0 Å². The molecule has 6 heterocycles. The van der Waals surface area contributed by atoms with Gasteiger partial charge in [-0.15, -0.1) is 13.2 Å². The number of rotatable bonds is 5. The van der Waals surface area contributed by atoms with Crippen molar-refractivity contribution < 1.29 is 40.2 Å². The molecule has 3 N–H and O–H groups in total. The topological polar surface area (TPSA) is 102 Å². The number of benzene rings is 2. The molecular weight excluding hydrogens is 659 g/mol. The summed E-state index contributed by atoms with van der Waals surface area (Å²) >= 11 is 0. The number of fused-ring (bicyclic) bond motifs is 4. The molecule has 3 fully saturated rings. The second kappa shape index (κ2) is 11.7. The van der Waals surface area contributed by atoms with Crippen molar-refractivity contribution in [1.82, 2.24) is 25.2 Å². The van der Waals surface area contributed by atoms with E-state index in [1.165, 1.54) is 23.1 Å². The SMILES string of the molecule is Nc1cc(-c2nc3c4c(nc(OCC56CCCN5CCC6)nc4c2F)N2CC(F)NC(F)C2CCC3)c2c(OC(F)(F)F)c(F)ccc2c1. The van der Waals surface area contributed by atoms with Gasteiger partial charge in [-0.25, -0.2) is 22.5 Å². The van der Waals surface area contributed by atoms with Gasteiger partial charge in [-0.05, 0) is 81.6 Å². The number of ether oxygens (including phenoxy) is 2. The molecule has 16 heteroatoms. The van der Waals surface area contributed by atoms with E-state index in [1.54, 1.807) is 0 Å². The number of aromatic nitrogens is 3. The number of nitrogens with zero attached hydrogens (tertiary/aromatic N) is 5. The van der Waals surface area contributed by atoms with Crippen molar-refractivity contribution >= 4 is 33.2 Å². The van der Waals surface area contributed by atoms with E-state index in [0.717, 1.165) is 44.8 Å². The number of piperazine rings is 1. The van der Waals surface area contributed by atoms with E-state index in [-0.39, 0.29) is 76.6 Å². The third-order valence-corrected chi connectivity index (χ3v) is 10.2. The van der Waals surface area contributed by atoms with Gasteiger partial charge < -0.3 is 20.1 Å². The Labute approximate surface area is 275 Å². The number of hydrogen-bond acceptors (Lipinski definition) is 9. The Morgan fingerprint density at radius 3 is 2.53 bits per heavy atom. The lowest BCUT2D eigenvalue weighted by atomic mass is 9.95. The van der Waals surface area contributed by atoms with Crippen molar-refractivity contribution in [2.24, 2.45) is 0 Å². The van der Waals surface area contributed by atoms with Crippen LogP contribution in [0.2, 0.25) is 0 Å². The lowest BCUT2D eigenvalue weighted by Crippen LogP contribution is -2.60. The minimum Gasteiger partial charge on any atom is -0.461 e. The number of halogens is 7. The van der Waals surface area contributed by atoms with Crippen molar-refractivity contribution in [1.29, 1.82) is 0 Å². The molecule has 4 aliphatic rings. The molecule has 3 saturated heterocycles. The number of nitrogens with two attached hydrogens (primary N) is 1. The maximum absolute atomic E-state index is 17.1. The van der Waals surface area contributed by atoms with Gasteiger partial charge in [0, 0.05) is 16.6 Å². The summed E-state index contributed by atoms with van der Waals surface area (Å²) in [6.45, 7) is 1.76. The van der Waals surface area contributed by atoms with Crippen LogP contribution in [-0.4, -0.2) is 76.6 Å². The fourth-order valence-electron chi connectivity index (χ4n) is 8.16. The van der Waals surface area contributed by atoms with Gasteiger partial charge in [0.15, 0.2) is 30.0 Å². The molecule has 3 unspecified atom stereocenters. The number of nitrogen functional groups attached to an aromatic ring is 1.